The molecule has 1 saturated carbocycles. The second-order valence-electron chi connectivity index (χ2n) is 9.35. The van der Waals surface area contributed by atoms with Crippen LogP contribution in [0.4, 0.5) is 4.79 Å². The summed E-state index contributed by atoms with van der Waals surface area (Å²) in [7, 11) is 0. The Morgan fingerprint density at radius 2 is 1.66 bits per heavy atom. The van der Waals surface area contributed by atoms with Crippen LogP contribution in [0.1, 0.15) is 118 Å². The summed E-state index contributed by atoms with van der Waals surface area (Å²) >= 11 is 0. The Labute approximate surface area is 180 Å². The van der Waals surface area contributed by atoms with Gasteiger partial charge in [-0.15, -0.1) is 0 Å². The number of unbranched alkanes of at least 4 members (excludes halogenated alkanes) is 5. The largest absolute Gasteiger partial charge is 0.418 e. The fraction of sp³-hybridized carbons (Fsp3) is 0.880. The molecular formula is C25H47NO3. The van der Waals surface area contributed by atoms with Gasteiger partial charge in [0, 0.05) is 18.0 Å². The lowest BCUT2D eigenvalue weighted by Gasteiger charge is -2.30. The van der Waals surface area contributed by atoms with Gasteiger partial charge in [-0.2, -0.15) is 0 Å². The van der Waals surface area contributed by atoms with E-state index in [0.29, 0.717) is 0 Å². The summed E-state index contributed by atoms with van der Waals surface area (Å²) in [6.45, 7) is 10.3. The van der Waals surface area contributed by atoms with Crippen LogP contribution in [-0.4, -0.2) is 34.3 Å². The summed E-state index contributed by atoms with van der Waals surface area (Å²) in [5.41, 5.74) is 1.13. The second-order valence-corrected chi connectivity index (χ2v) is 9.35. The molecule has 0 heterocycles. The molecule has 1 rings (SSSR count). The summed E-state index contributed by atoms with van der Waals surface area (Å²) in [6.07, 6.45) is 16.0. The highest BCUT2D eigenvalue weighted by Crippen LogP contribution is 2.32. The maximum Gasteiger partial charge on any atom is 0.415 e. The quantitative estimate of drug-likeness (QED) is 0.290. The van der Waals surface area contributed by atoms with Crippen LogP contribution in [0.15, 0.2) is 11.8 Å². The number of hydrogen-bond donors (Lipinski definition) is 1. The molecule has 4 nitrogen and oxygen atoms in total. The average molecular weight is 410 g/mol. The molecule has 2 atom stereocenters. The molecule has 0 saturated heterocycles. The molecule has 0 radical (unpaired) electrons. The van der Waals surface area contributed by atoms with Crippen LogP contribution >= 0.6 is 0 Å². The normalized spacial score (nSPS) is 20.6. The Kier molecular flexibility index (Phi) is 13.3. The molecule has 4 heteroatoms. The minimum atomic E-state index is -0.324. The Morgan fingerprint density at radius 3 is 2.31 bits per heavy atom. The van der Waals surface area contributed by atoms with Crippen molar-refractivity contribution in [3.63, 3.8) is 0 Å². The topological polar surface area (TPSA) is 49.8 Å². The first-order valence-electron chi connectivity index (χ1n) is 12.2. The van der Waals surface area contributed by atoms with Crippen LogP contribution in [0.2, 0.25) is 0 Å². The third kappa shape index (κ3) is 10.0. The average Bonchev–Trinajstić information content (AvgIpc) is 2.63. The van der Waals surface area contributed by atoms with Gasteiger partial charge in [0.25, 0.3) is 0 Å². The predicted octanol–water partition coefficient (Wildman–Crippen LogP) is 7.21. The van der Waals surface area contributed by atoms with E-state index >= 15 is 0 Å². The van der Waals surface area contributed by atoms with Gasteiger partial charge >= 0.3 is 6.09 Å². The van der Waals surface area contributed by atoms with Crippen molar-refractivity contribution in [3.8, 4) is 0 Å². The zero-order valence-corrected chi connectivity index (χ0v) is 19.8. The molecule has 1 aliphatic carbocycles. The highest BCUT2D eigenvalue weighted by Gasteiger charge is 2.26. The molecular weight excluding hydrogens is 362 g/mol. The van der Waals surface area contributed by atoms with Gasteiger partial charge in [-0.05, 0) is 59.0 Å². The monoisotopic (exact) mass is 409 g/mol. The van der Waals surface area contributed by atoms with Gasteiger partial charge in [-0.3, -0.25) is 0 Å². The summed E-state index contributed by atoms with van der Waals surface area (Å²) in [5.74, 6) is 0.130. The molecule has 1 N–H and O–H groups in total. The van der Waals surface area contributed by atoms with E-state index in [4.69, 9.17) is 4.74 Å². The highest BCUT2D eigenvalue weighted by atomic mass is 16.5. The number of nitrogens with zero attached hydrogens (tertiary/aromatic N) is 1. The van der Waals surface area contributed by atoms with Crippen LogP contribution in [0.5, 0.6) is 0 Å². The number of carbonyl (C=O) groups excluding carboxylic acids is 1. The van der Waals surface area contributed by atoms with Gasteiger partial charge in [-0.1, -0.05) is 64.7 Å². The van der Waals surface area contributed by atoms with E-state index in [0.717, 1.165) is 44.1 Å². The number of aliphatic hydroxyl groups is 1. The van der Waals surface area contributed by atoms with E-state index in [1.807, 2.05) is 27.7 Å². The molecule has 0 bridgehead atoms. The molecule has 1 fully saturated rings. The standard InChI is InChI=1S/C25H47NO3/c1-6-7-8-9-10-15-18-24(27)23-17-14-12-11-13-16-22(23)19-29-25(28)26(20(2)3)21(4)5/h19-21,23-24,27H,6-18H2,1-5H3/b22-19+/t23-,24+/m0/s1. The van der Waals surface area contributed by atoms with Crippen LogP contribution in [0.3, 0.4) is 0 Å². The zero-order chi connectivity index (χ0) is 21.6. The van der Waals surface area contributed by atoms with E-state index in [2.05, 4.69) is 6.92 Å². The number of ether oxygens (including phenoxy) is 1. The van der Waals surface area contributed by atoms with Gasteiger partial charge in [0.05, 0.1) is 12.4 Å². The van der Waals surface area contributed by atoms with Crippen molar-refractivity contribution in [3.05, 3.63) is 11.8 Å². The molecule has 170 valence electrons. The molecule has 0 unspecified atom stereocenters. The molecule has 1 aliphatic rings. The van der Waals surface area contributed by atoms with Crippen LogP contribution in [-0.2, 0) is 4.74 Å². The Balaban J connectivity index is 2.70. The first kappa shape index (κ1) is 26.0. The molecule has 0 aliphatic heterocycles. The zero-order valence-electron chi connectivity index (χ0n) is 19.8. The lowest BCUT2D eigenvalue weighted by atomic mass is 9.82. The summed E-state index contributed by atoms with van der Waals surface area (Å²) in [6, 6.07) is 0.208. The van der Waals surface area contributed by atoms with Crippen molar-refractivity contribution in [1.82, 2.24) is 4.90 Å². The van der Waals surface area contributed by atoms with E-state index in [1.54, 1.807) is 11.2 Å². The maximum absolute atomic E-state index is 12.6. The summed E-state index contributed by atoms with van der Waals surface area (Å²) in [4.78, 5) is 14.4. The number of aliphatic hydroxyl groups excluding tert-OH is 1. The summed E-state index contributed by atoms with van der Waals surface area (Å²) in [5, 5.41) is 10.9. The molecule has 1 amide bonds. The molecule has 0 aromatic carbocycles. The number of rotatable bonds is 11. The van der Waals surface area contributed by atoms with Crippen LogP contribution in [0, 0.1) is 5.92 Å². The molecule has 29 heavy (non-hydrogen) atoms. The van der Waals surface area contributed by atoms with E-state index in [9.17, 15) is 9.90 Å². The maximum atomic E-state index is 12.6. The van der Waals surface area contributed by atoms with Crippen LogP contribution < -0.4 is 0 Å². The summed E-state index contributed by atoms with van der Waals surface area (Å²) < 4.78 is 5.63. The lowest BCUT2D eigenvalue weighted by Crippen LogP contribution is -2.41. The van der Waals surface area contributed by atoms with Crippen molar-refractivity contribution in [2.24, 2.45) is 5.92 Å². The first-order valence-corrected chi connectivity index (χ1v) is 12.2. The molecule has 0 spiro atoms. The van der Waals surface area contributed by atoms with Crippen molar-refractivity contribution in [2.45, 2.75) is 136 Å². The van der Waals surface area contributed by atoms with Gasteiger partial charge in [-0.25, -0.2) is 4.79 Å². The van der Waals surface area contributed by atoms with Crippen LogP contribution in [0.25, 0.3) is 0 Å². The second kappa shape index (κ2) is 14.9. The third-order valence-electron chi connectivity index (χ3n) is 6.16. The SMILES string of the molecule is CCCCCCCC[C@@H](O)[C@H]1CCCCCC/C1=C\OC(=O)N(C(C)C)C(C)C. The number of carbonyl (C=O) groups is 1. The smallest absolute Gasteiger partial charge is 0.415 e. The Morgan fingerprint density at radius 1 is 1.03 bits per heavy atom. The highest BCUT2D eigenvalue weighted by molar-refractivity contribution is 5.69. The predicted molar refractivity (Wildman–Crippen MR) is 122 cm³/mol. The Hall–Kier alpha value is -1.03. The minimum Gasteiger partial charge on any atom is -0.418 e. The van der Waals surface area contributed by atoms with Crippen molar-refractivity contribution in [1.29, 1.82) is 0 Å². The number of hydrogen-bond acceptors (Lipinski definition) is 3. The van der Waals surface area contributed by atoms with Crippen molar-refractivity contribution < 1.29 is 14.6 Å². The lowest BCUT2D eigenvalue weighted by molar-refractivity contribution is 0.0939. The van der Waals surface area contributed by atoms with Gasteiger partial charge < -0.3 is 14.7 Å². The molecule has 0 aromatic heterocycles. The Bertz CT molecular complexity index is 465. The van der Waals surface area contributed by atoms with Crippen molar-refractivity contribution >= 4 is 6.09 Å². The fourth-order valence-corrected chi connectivity index (χ4v) is 4.54. The molecule has 0 aromatic rings. The van der Waals surface area contributed by atoms with Gasteiger partial charge in [0.1, 0.15) is 0 Å². The fourth-order valence-electron chi connectivity index (χ4n) is 4.54. The minimum absolute atomic E-state index is 0.104. The number of amides is 1. The van der Waals surface area contributed by atoms with E-state index < -0.39 is 0 Å². The van der Waals surface area contributed by atoms with E-state index in [1.165, 1.54) is 44.9 Å². The van der Waals surface area contributed by atoms with Gasteiger partial charge in [0.15, 0.2) is 0 Å². The van der Waals surface area contributed by atoms with Crippen molar-refractivity contribution in [2.75, 3.05) is 0 Å². The van der Waals surface area contributed by atoms with E-state index in [-0.39, 0.29) is 30.2 Å². The third-order valence-corrected chi connectivity index (χ3v) is 6.16. The first-order chi connectivity index (χ1) is 13.9. The van der Waals surface area contributed by atoms with Gasteiger partial charge in [0.2, 0.25) is 0 Å².